The average molecular weight is 1250 g/mol. The highest BCUT2D eigenvalue weighted by molar-refractivity contribution is 6.68. The number of alkyl carbamates (subject to hydrolysis) is 2. The second-order valence-corrected chi connectivity index (χ2v) is 28.2. The number of carbonyl (C=O) groups is 8. The first-order chi connectivity index (χ1) is 36.1. The molecule has 0 aromatic carbocycles. The van der Waals surface area contributed by atoms with Crippen molar-refractivity contribution in [2.45, 2.75) is 201 Å². The van der Waals surface area contributed by atoms with Gasteiger partial charge in [0.05, 0.1) is 0 Å². The van der Waals surface area contributed by atoms with Crippen LogP contribution in [-0.4, -0.2) is 175 Å². The van der Waals surface area contributed by atoms with E-state index in [2.05, 4.69) is 16.1 Å². The molecule has 4 aliphatic rings. The van der Waals surface area contributed by atoms with Gasteiger partial charge in [-0.15, -0.1) is 0 Å². The number of alkyl halides is 6. The van der Waals surface area contributed by atoms with Crippen LogP contribution in [0.3, 0.4) is 0 Å². The zero-order valence-electron chi connectivity index (χ0n) is 47.3. The largest absolute Gasteiger partial charge is 0.480 e. The van der Waals surface area contributed by atoms with Gasteiger partial charge in [-0.2, -0.15) is 5.01 Å². The summed E-state index contributed by atoms with van der Waals surface area (Å²) in [6.45, 7) is 22.8. The van der Waals surface area contributed by atoms with Gasteiger partial charge >= 0.3 is 42.3 Å². The van der Waals surface area contributed by atoms with Crippen LogP contribution in [0.1, 0.15) is 147 Å². The molecule has 79 heavy (non-hydrogen) atoms. The number of carbonyl (C=O) groups excluding carboxylic acids is 7. The number of nitrogens with zero attached hydrogens (tertiary/aromatic N) is 3. The van der Waals surface area contributed by atoms with Crippen LogP contribution >= 0.6 is 69.6 Å². The number of hydrogen-bond acceptors (Lipinski definition) is 17. The van der Waals surface area contributed by atoms with Crippen molar-refractivity contribution in [1.82, 2.24) is 31.1 Å². The number of esters is 2. The number of rotatable bonds is 12. The lowest BCUT2D eigenvalue weighted by Crippen LogP contribution is -2.61. The summed E-state index contributed by atoms with van der Waals surface area (Å²) >= 11 is 33.7. The van der Waals surface area contributed by atoms with Crippen molar-refractivity contribution >= 4 is 118 Å². The van der Waals surface area contributed by atoms with E-state index in [0.717, 1.165) is 35.7 Å². The van der Waals surface area contributed by atoms with Gasteiger partial charge in [-0.05, 0) is 159 Å². The maximum absolute atomic E-state index is 13.3. The van der Waals surface area contributed by atoms with Gasteiger partial charge in [0.15, 0.2) is 6.04 Å². The van der Waals surface area contributed by atoms with Crippen LogP contribution in [0, 0.1) is 11.8 Å². The molecule has 4 heterocycles. The Hall–Kier alpha value is -3.42. The van der Waals surface area contributed by atoms with Gasteiger partial charge in [-0.25, -0.2) is 39.2 Å². The highest BCUT2D eigenvalue weighted by atomic mass is 35.6. The Morgan fingerprint density at radius 2 is 0.962 bits per heavy atom. The lowest BCUT2D eigenvalue weighted by Gasteiger charge is -2.42. The van der Waals surface area contributed by atoms with E-state index < -0.39 is 110 Å². The summed E-state index contributed by atoms with van der Waals surface area (Å²) in [7, 11) is 0. The molecule has 0 bridgehead atoms. The van der Waals surface area contributed by atoms with E-state index in [0.29, 0.717) is 65.1 Å². The van der Waals surface area contributed by atoms with Crippen LogP contribution in [0.5, 0.6) is 0 Å². The summed E-state index contributed by atoms with van der Waals surface area (Å²) in [6, 6.07) is -3.59. The van der Waals surface area contributed by atoms with Crippen molar-refractivity contribution in [3.05, 3.63) is 0 Å². The molecule has 0 spiro atoms. The molecule has 4 rings (SSSR count). The molecule has 0 aliphatic carbocycles. The number of carboxylic acids is 1. The Morgan fingerprint density at radius 3 is 1.39 bits per heavy atom. The van der Waals surface area contributed by atoms with Gasteiger partial charge in [-0.1, -0.05) is 69.6 Å². The van der Waals surface area contributed by atoms with Gasteiger partial charge in [-0.3, -0.25) is 14.6 Å². The maximum atomic E-state index is 13.3. The Balaban J connectivity index is 0.000000418. The van der Waals surface area contributed by atoms with E-state index in [1.54, 1.807) is 83.1 Å². The molecule has 2 unspecified atom stereocenters. The van der Waals surface area contributed by atoms with Crippen molar-refractivity contribution in [1.29, 1.82) is 0 Å². The van der Waals surface area contributed by atoms with Crippen LogP contribution in [0.4, 0.5) is 19.2 Å². The summed E-state index contributed by atoms with van der Waals surface area (Å²) in [6.07, 6.45) is 2.84. The van der Waals surface area contributed by atoms with Crippen molar-refractivity contribution in [2.75, 3.05) is 52.7 Å². The molecule has 4 atom stereocenters. The van der Waals surface area contributed by atoms with Gasteiger partial charge in [0.25, 0.3) is 5.91 Å². The number of hydrazine groups is 2. The first-order valence-electron chi connectivity index (χ1n) is 26.1. The molecule has 29 heteroatoms. The minimum atomic E-state index is -1.80. The minimum Gasteiger partial charge on any atom is -0.480 e. The minimum absolute atomic E-state index is 0.169. The van der Waals surface area contributed by atoms with Gasteiger partial charge < -0.3 is 53.6 Å². The molecule has 23 nitrogen and oxygen atoms in total. The third kappa shape index (κ3) is 31.0. The molecule has 0 aromatic rings. The van der Waals surface area contributed by atoms with Gasteiger partial charge in [0.2, 0.25) is 7.59 Å². The van der Waals surface area contributed by atoms with Crippen LogP contribution in [0.25, 0.3) is 0 Å². The van der Waals surface area contributed by atoms with E-state index in [1.807, 2.05) is 0 Å². The highest BCUT2D eigenvalue weighted by Crippen LogP contribution is 2.30. The molecule has 5 amide bonds. The molecule has 0 radical (unpaired) electrons. The first kappa shape index (κ1) is 71.7. The third-order valence-corrected chi connectivity index (χ3v) is 11.8. The average Bonchev–Trinajstić information content (AvgIpc) is 3.30. The lowest BCUT2D eigenvalue weighted by molar-refractivity contribution is -0.161. The molecule has 4 fully saturated rings. The Labute approximate surface area is 493 Å². The fourth-order valence-corrected chi connectivity index (χ4v) is 8.19. The van der Waals surface area contributed by atoms with E-state index in [4.69, 9.17) is 113 Å². The van der Waals surface area contributed by atoms with Crippen LogP contribution in [0.15, 0.2) is 0 Å². The fraction of sp³-hybridized carbons (Fsp3) is 0.840. The zero-order valence-corrected chi connectivity index (χ0v) is 51.8. The third-order valence-electron chi connectivity index (χ3n) is 11.2. The van der Waals surface area contributed by atoms with Crippen LogP contribution < -0.4 is 16.1 Å². The van der Waals surface area contributed by atoms with Crippen molar-refractivity contribution in [3.63, 3.8) is 0 Å². The molecule has 0 aromatic heterocycles. The van der Waals surface area contributed by atoms with E-state index in [9.17, 15) is 38.4 Å². The number of aliphatic carboxylic acids is 1. The number of carboxylic acid groups (broad SMARTS) is 1. The highest BCUT2D eigenvalue weighted by Gasteiger charge is 2.45. The Morgan fingerprint density at radius 1 is 0.557 bits per heavy atom. The predicted octanol–water partition coefficient (Wildman–Crippen LogP) is 9.34. The number of ether oxygens (including phenoxy) is 8. The monoisotopic (exact) mass is 1250 g/mol. The molecule has 4 aliphatic heterocycles. The molecule has 4 N–H and O–H groups in total. The number of nitrogens with one attached hydrogen (secondary N) is 3. The first-order valence-corrected chi connectivity index (χ1v) is 28.3. The quantitative estimate of drug-likeness (QED) is 0.0804. The fourth-order valence-electron chi connectivity index (χ4n) is 7.86. The van der Waals surface area contributed by atoms with Crippen molar-refractivity contribution < 1.29 is 81.4 Å². The Kier molecular flexibility index (Phi) is 28.9. The predicted molar refractivity (Wildman–Crippen MR) is 295 cm³/mol. The van der Waals surface area contributed by atoms with Crippen molar-refractivity contribution in [3.8, 4) is 0 Å². The van der Waals surface area contributed by atoms with Crippen molar-refractivity contribution in [2.24, 2.45) is 11.8 Å². The second kappa shape index (κ2) is 31.9. The topological polar surface area (TPSA) is 276 Å². The van der Waals surface area contributed by atoms with Crippen LogP contribution in [0.2, 0.25) is 0 Å². The van der Waals surface area contributed by atoms with E-state index >= 15 is 0 Å². The second-order valence-electron chi connectivity index (χ2n) is 23.2. The van der Waals surface area contributed by atoms with Gasteiger partial charge in [0, 0.05) is 39.5 Å². The Bertz CT molecular complexity index is 2010. The normalized spacial score (nSPS) is 19.8. The molecular formula is C50H82Cl6N6O17. The van der Waals surface area contributed by atoms with Gasteiger partial charge in [0.1, 0.15) is 53.7 Å². The molecule has 456 valence electrons. The lowest BCUT2D eigenvalue weighted by atomic mass is 9.92. The number of amides is 5. The number of halogens is 6. The summed E-state index contributed by atoms with van der Waals surface area (Å²) in [4.78, 5) is 98.7. The van der Waals surface area contributed by atoms with E-state index in [1.165, 1.54) is 5.01 Å². The summed E-state index contributed by atoms with van der Waals surface area (Å²) in [5.41, 5.74) is -0.0779. The van der Waals surface area contributed by atoms with E-state index in [-0.39, 0.29) is 30.7 Å². The molecule has 4 saturated heterocycles. The smallest absolute Gasteiger partial charge is 0.430 e. The standard InChI is InChI=1S/C20H32Cl3N3O6.C17H27Cl3N2O6.C13H23NO5/c1-19(2,3)32-18(29)24-15(11-13-6-9-30-10-7-13)16(27)26-8-4-5-14(25-26)17(28)31-12-20(21,22)23;1-15(2,3)27-13(24)21-9-7-8-11(12(23)26-10-17(18,19)20)22(21)14(25)28-16(4,5)6;1-13(2,3)19-12(17)14-10(11(15)16)8-9-4-6-18-7-5-9/h13-15,25H,4-12H2,1-3H3,(H,24,29);11H,7-10H2,1-6H3;9-10H,4-8H2,1-3H3,(H,14,17)(H,15,16)/t14-,15?;11-;/m00./s1. The molecule has 0 saturated carbocycles. The SMILES string of the molecule is CC(C)(C)OC(=O)N1CCC[C@@H](C(=O)OCC(Cl)(Cl)Cl)N1C(=O)OC(C)(C)C.CC(C)(C)OC(=O)NC(CC1CCOCC1)C(=O)N1CCC[C@@H](C(=O)OCC(Cl)(Cl)Cl)N1.CC(C)(C)OC(=O)NC(CC1CCOCC1)C(=O)O. The zero-order chi connectivity index (χ0) is 60.3. The summed E-state index contributed by atoms with van der Waals surface area (Å²) < 4.78 is 38.3. The maximum Gasteiger partial charge on any atom is 0.430 e. The molecular weight excluding hydrogens is 1170 g/mol. The summed E-state index contributed by atoms with van der Waals surface area (Å²) in [5.74, 6) is -2.31. The van der Waals surface area contributed by atoms with Crippen LogP contribution in [-0.2, 0) is 57.1 Å². The number of hydrogen-bond donors (Lipinski definition) is 4. The summed E-state index contributed by atoms with van der Waals surface area (Å²) in [5, 5.41) is 17.6.